The van der Waals surface area contributed by atoms with Gasteiger partial charge in [0.2, 0.25) is 0 Å². The molecular weight excluding hydrogens is 232 g/mol. The lowest BCUT2D eigenvalue weighted by molar-refractivity contribution is 0.222. The molecule has 1 aromatic carbocycles. The van der Waals surface area contributed by atoms with Crippen LogP contribution in [0.2, 0.25) is 5.02 Å². The number of nitrogens with two attached hydrogens (primary N) is 1. The maximum Gasteiger partial charge on any atom is 0.0656 e. The van der Waals surface area contributed by atoms with E-state index in [2.05, 4.69) is 11.8 Å². The lowest BCUT2D eigenvalue weighted by atomic mass is 9.78. The minimum atomic E-state index is 0.625. The summed E-state index contributed by atoms with van der Waals surface area (Å²) >= 11 is 6.11. The summed E-state index contributed by atoms with van der Waals surface area (Å²) in [5.41, 5.74) is 9.63. The van der Waals surface area contributed by atoms with Crippen molar-refractivity contribution in [2.45, 2.75) is 32.6 Å². The fraction of sp³-hybridized carbons (Fsp3) is 0.571. The molecule has 0 aromatic heterocycles. The van der Waals surface area contributed by atoms with E-state index in [1.165, 1.54) is 50.0 Å². The highest BCUT2D eigenvalue weighted by Gasteiger charge is 2.44. The molecule has 3 heteroatoms. The number of nitrogens with zero attached hydrogens (tertiary/aromatic N) is 1. The molecule has 2 fully saturated rings. The average Bonchev–Trinajstić information content (AvgIpc) is 2.70. The molecule has 0 atom stereocenters. The van der Waals surface area contributed by atoms with Crippen molar-refractivity contribution in [1.82, 2.24) is 0 Å². The monoisotopic (exact) mass is 250 g/mol. The van der Waals surface area contributed by atoms with Gasteiger partial charge in [0.25, 0.3) is 0 Å². The van der Waals surface area contributed by atoms with Crippen molar-refractivity contribution in [3.63, 3.8) is 0 Å². The molecular formula is C14H19ClN2. The molecule has 0 unspecified atom stereocenters. The van der Waals surface area contributed by atoms with Crippen LogP contribution in [0, 0.1) is 12.3 Å². The standard InChI is InChI=1S/C14H19ClN2/c1-10-6-12(16)11(15)7-13(10)17-8-14(9-17)4-2-3-5-14/h6-7H,2-5,8-9,16H2,1H3. The Morgan fingerprint density at radius 2 is 1.88 bits per heavy atom. The molecule has 92 valence electrons. The fourth-order valence-electron chi connectivity index (χ4n) is 3.41. The lowest BCUT2D eigenvalue weighted by Crippen LogP contribution is -2.55. The van der Waals surface area contributed by atoms with Crippen molar-refractivity contribution >= 4 is 23.0 Å². The van der Waals surface area contributed by atoms with Gasteiger partial charge in [0.15, 0.2) is 0 Å². The van der Waals surface area contributed by atoms with Crippen molar-refractivity contribution in [3.05, 3.63) is 22.7 Å². The van der Waals surface area contributed by atoms with E-state index in [4.69, 9.17) is 17.3 Å². The third kappa shape index (κ3) is 1.79. The maximum atomic E-state index is 6.11. The third-order valence-electron chi connectivity index (χ3n) is 4.37. The molecule has 1 heterocycles. The smallest absolute Gasteiger partial charge is 0.0656 e. The van der Waals surface area contributed by atoms with Gasteiger partial charge in [-0.25, -0.2) is 0 Å². The van der Waals surface area contributed by atoms with E-state index in [0.29, 0.717) is 16.1 Å². The van der Waals surface area contributed by atoms with Crippen molar-refractivity contribution in [1.29, 1.82) is 0 Å². The molecule has 1 saturated carbocycles. The van der Waals surface area contributed by atoms with E-state index in [-0.39, 0.29) is 0 Å². The van der Waals surface area contributed by atoms with Gasteiger partial charge in [0.1, 0.15) is 0 Å². The van der Waals surface area contributed by atoms with E-state index in [1.54, 1.807) is 0 Å². The Labute approximate surface area is 108 Å². The Morgan fingerprint density at radius 1 is 1.24 bits per heavy atom. The van der Waals surface area contributed by atoms with Crippen LogP contribution in [0.4, 0.5) is 11.4 Å². The van der Waals surface area contributed by atoms with Crippen LogP contribution >= 0.6 is 11.6 Å². The number of anilines is 2. The van der Waals surface area contributed by atoms with Gasteiger partial charge >= 0.3 is 0 Å². The predicted octanol–water partition coefficient (Wildman–Crippen LogP) is 3.61. The summed E-state index contributed by atoms with van der Waals surface area (Å²) in [5, 5.41) is 0.679. The number of benzene rings is 1. The minimum Gasteiger partial charge on any atom is -0.398 e. The molecule has 0 amide bonds. The van der Waals surface area contributed by atoms with E-state index in [0.717, 1.165) is 0 Å². The van der Waals surface area contributed by atoms with Crippen molar-refractivity contribution in [2.24, 2.45) is 5.41 Å². The average molecular weight is 251 g/mol. The zero-order valence-corrected chi connectivity index (χ0v) is 11.1. The van der Waals surface area contributed by atoms with Gasteiger partial charge in [0, 0.05) is 24.2 Å². The van der Waals surface area contributed by atoms with Gasteiger partial charge in [-0.2, -0.15) is 0 Å². The number of hydrogen-bond acceptors (Lipinski definition) is 2. The van der Waals surface area contributed by atoms with Gasteiger partial charge in [-0.1, -0.05) is 24.4 Å². The summed E-state index contributed by atoms with van der Waals surface area (Å²) < 4.78 is 0. The minimum absolute atomic E-state index is 0.625. The Kier molecular flexibility index (Phi) is 2.51. The molecule has 1 aliphatic heterocycles. The number of nitrogen functional groups attached to an aromatic ring is 1. The highest BCUT2D eigenvalue weighted by Crippen LogP contribution is 2.48. The Morgan fingerprint density at radius 3 is 2.53 bits per heavy atom. The van der Waals surface area contributed by atoms with Crippen molar-refractivity contribution in [3.8, 4) is 0 Å². The molecule has 1 spiro atoms. The van der Waals surface area contributed by atoms with E-state index < -0.39 is 0 Å². The second-order valence-electron chi connectivity index (χ2n) is 5.72. The fourth-order valence-corrected chi connectivity index (χ4v) is 3.57. The summed E-state index contributed by atoms with van der Waals surface area (Å²) in [7, 11) is 0. The highest BCUT2D eigenvalue weighted by atomic mass is 35.5. The van der Waals surface area contributed by atoms with Crippen LogP contribution in [0.25, 0.3) is 0 Å². The van der Waals surface area contributed by atoms with Gasteiger partial charge in [-0.05, 0) is 37.5 Å². The second kappa shape index (κ2) is 3.81. The largest absolute Gasteiger partial charge is 0.398 e. The number of aryl methyl sites for hydroxylation is 1. The molecule has 3 rings (SSSR count). The summed E-state index contributed by atoms with van der Waals surface area (Å²) in [6.45, 7) is 4.52. The van der Waals surface area contributed by atoms with Crippen molar-refractivity contribution in [2.75, 3.05) is 23.7 Å². The van der Waals surface area contributed by atoms with E-state index >= 15 is 0 Å². The topological polar surface area (TPSA) is 29.3 Å². The number of rotatable bonds is 1. The zero-order valence-electron chi connectivity index (χ0n) is 10.3. The first-order valence-corrected chi connectivity index (χ1v) is 6.78. The number of hydrogen-bond donors (Lipinski definition) is 1. The van der Waals surface area contributed by atoms with E-state index in [9.17, 15) is 0 Å². The quantitative estimate of drug-likeness (QED) is 0.772. The molecule has 1 aliphatic carbocycles. The zero-order chi connectivity index (χ0) is 12.0. The molecule has 2 nitrogen and oxygen atoms in total. The molecule has 0 radical (unpaired) electrons. The first-order chi connectivity index (χ1) is 8.10. The van der Waals surface area contributed by atoms with Crippen molar-refractivity contribution < 1.29 is 0 Å². The second-order valence-corrected chi connectivity index (χ2v) is 6.13. The van der Waals surface area contributed by atoms with Crippen LogP contribution in [0.3, 0.4) is 0 Å². The van der Waals surface area contributed by atoms with Crippen LogP contribution in [-0.2, 0) is 0 Å². The molecule has 2 N–H and O–H groups in total. The molecule has 2 aliphatic rings. The SMILES string of the molecule is Cc1cc(N)c(Cl)cc1N1CC2(CCCC2)C1. The van der Waals surface area contributed by atoms with Gasteiger partial charge in [0.05, 0.1) is 10.7 Å². The number of halogens is 1. The van der Waals surface area contributed by atoms with E-state index in [1.807, 2.05) is 12.1 Å². The summed E-state index contributed by atoms with van der Waals surface area (Å²) in [5.74, 6) is 0. The Balaban J connectivity index is 1.80. The first-order valence-electron chi connectivity index (χ1n) is 6.40. The normalized spacial score (nSPS) is 21.9. The van der Waals surface area contributed by atoms with Crippen LogP contribution in [0.5, 0.6) is 0 Å². The van der Waals surface area contributed by atoms with Crippen LogP contribution in [0.1, 0.15) is 31.2 Å². The maximum absolute atomic E-state index is 6.11. The molecule has 0 bridgehead atoms. The van der Waals surface area contributed by atoms with Gasteiger partial charge < -0.3 is 10.6 Å². The highest BCUT2D eigenvalue weighted by molar-refractivity contribution is 6.33. The molecule has 1 aromatic rings. The molecule has 17 heavy (non-hydrogen) atoms. The summed E-state index contributed by atoms with van der Waals surface area (Å²) in [4.78, 5) is 2.45. The summed E-state index contributed by atoms with van der Waals surface area (Å²) in [6, 6.07) is 4.01. The molecule has 1 saturated heterocycles. The predicted molar refractivity (Wildman–Crippen MR) is 73.7 cm³/mol. The van der Waals surface area contributed by atoms with Crippen LogP contribution in [-0.4, -0.2) is 13.1 Å². The Hall–Kier alpha value is -0.890. The van der Waals surface area contributed by atoms with Gasteiger partial charge in [-0.15, -0.1) is 0 Å². The van der Waals surface area contributed by atoms with Gasteiger partial charge in [-0.3, -0.25) is 0 Å². The third-order valence-corrected chi connectivity index (χ3v) is 4.70. The van der Waals surface area contributed by atoms with Crippen LogP contribution < -0.4 is 10.6 Å². The summed E-state index contributed by atoms with van der Waals surface area (Å²) in [6.07, 6.45) is 5.64. The van der Waals surface area contributed by atoms with Crippen LogP contribution in [0.15, 0.2) is 12.1 Å². The lowest BCUT2D eigenvalue weighted by Gasteiger charge is -2.50. The Bertz CT molecular complexity index is 442. The first kappa shape index (κ1) is 11.2.